The van der Waals surface area contributed by atoms with Crippen LogP contribution < -0.4 is 0 Å². The molecule has 0 atom stereocenters. The molecule has 0 saturated carbocycles. The second-order valence-corrected chi connectivity index (χ2v) is 5.95. The molecule has 0 saturated heterocycles. The standard InChI is InChI=1S/C15H12S2/c1-10-7-8-13-12(9-10)14(15(16)17-13)11-5-3-2-4-6-11/h2-9,16H,1H3. The van der Waals surface area contributed by atoms with Crippen LogP contribution in [0, 0.1) is 6.92 Å². The van der Waals surface area contributed by atoms with E-state index in [-0.39, 0.29) is 0 Å². The van der Waals surface area contributed by atoms with Crippen molar-refractivity contribution in [1.29, 1.82) is 0 Å². The third kappa shape index (κ3) is 1.88. The van der Waals surface area contributed by atoms with E-state index in [0.717, 1.165) is 4.21 Å². The van der Waals surface area contributed by atoms with Crippen LogP contribution in [0.15, 0.2) is 52.7 Å². The Bertz CT molecular complexity index is 666. The lowest BCUT2D eigenvalue weighted by Crippen LogP contribution is -1.77. The summed E-state index contributed by atoms with van der Waals surface area (Å²) in [5.41, 5.74) is 3.80. The summed E-state index contributed by atoms with van der Waals surface area (Å²) in [6.45, 7) is 2.13. The Morgan fingerprint density at radius 3 is 2.53 bits per heavy atom. The first kappa shape index (κ1) is 10.9. The maximum absolute atomic E-state index is 4.62. The Morgan fingerprint density at radius 1 is 1.00 bits per heavy atom. The van der Waals surface area contributed by atoms with E-state index in [2.05, 4.69) is 62.0 Å². The quantitative estimate of drug-likeness (QED) is 0.571. The third-order valence-electron chi connectivity index (χ3n) is 2.89. The molecular weight excluding hydrogens is 244 g/mol. The summed E-state index contributed by atoms with van der Waals surface area (Å²) in [6.07, 6.45) is 0. The maximum atomic E-state index is 4.62. The van der Waals surface area contributed by atoms with Gasteiger partial charge in [0.15, 0.2) is 0 Å². The van der Waals surface area contributed by atoms with Crippen LogP contribution in [-0.4, -0.2) is 0 Å². The number of aryl methyl sites for hydroxylation is 1. The fourth-order valence-electron chi connectivity index (χ4n) is 2.08. The predicted octanol–water partition coefficient (Wildman–Crippen LogP) is 5.17. The molecule has 2 heteroatoms. The lowest BCUT2D eigenvalue weighted by Gasteiger charge is -2.01. The molecule has 0 aliphatic heterocycles. The monoisotopic (exact) mass is 256 g/mol. The molecular formula is C15H12S2. The Balaban J connectivity index is 2.35. The largest absolute Gasteiger partial charge is 0.132 e. The van der Waals surface area contributed by atoms with E-state index in [9.17, 15) is 0 Å². The minimum absolute atomic E-state index is 1.09. The summed E-state index contributed by atoms with van der Waals surface area (Å²) in [4.78, 5) is 0. The zero-order valence-electron chi connectivity index (χ0n) is 9.47. The van der Waals surface area contributed by atoms with Crippen LogP contribution in [0.25, 0.3) is 21.2 Å². The van der Waals surface area contributed by atoms with Crippen LogP contribution in [-0.2, 0) is 0 Å². The Labute approximate surface area is 110 Å². The van der Waals surface area contributed by atoms with Gasteiger partial charge in [0, 0.05) is 15.6 Å². The van der Waals surface area contributed by atoms with Gasteiger partial charge in [-0.05, 0) is 24.6 Å². The van der Waals surface area contributed by atoms with E-state index in [0.29, 0.717) is 0 Å². The third-order valence-corrected chi connectivity index (χ3v) is 4.36. The van der Waals surface area contributed by atoms with Crippen LogP contribution in [0.1, 0.15) is 5.56 Å². The minimum Gasteiger partial charge on any atom is -0.132 e. The number of fused-ring (bicyclic) bond motifs is 1. The van der Waals surface area contributed by atoms with Crippen molar-refractivity contribution in [2.45, 2.75) is 11.1 Å². The highest BCUT2D eigenvalue weighted by molar-refractivity contribution is 7.83. The number of hydrogen-bond acceptors (Lipinski definition) is 2. The van der Waals surface area contributed by atoms with Gasteiger partial charge in [0.1, 0.15) is 0 Å². The average molecular weight is 256 g/mol. The van der Waals surface area contributed by atoms with Crippen molar-refractivity contribution >= 4 is 34.1 Å². The normalized spacial score (nSPS) is 10.9. The lowest BCUT2D eigenvalue weighted by atomic mass is 10.0. The molecule has 0 N–H and O–H groups in total. The van der Waals surface area contributed by atoms with Crippen molar-refractivity contribution in [3.05, 3.63) is 54.1 Å². The number of benzene rings is 2. The SMILES string of the molecule is Cc1ccc2sc(S)c(-c3ccccc3)c2c1. The zero-order chi connectivity index (χ0) is 11.8. The second kappa shape index (κ2) is 4.21. The molecule has 3 aromatic rings. The van der Waals surface area contributed by atoms with E-state index in [1.807, 2.05) is 6.07 Å². The topological polar surface area (TPSA) is 0 Å². The van der Waals surface area contributed by atoms with Crippen LogP contribution in [0.2, 0.25) is 0 Å². The molecule has 0 nitrogen and oxygen atoms in total. The molecule has 2 aromatic carbocycles. The number of rotatable bonds is 1. The summed E-state index contributed by atoms with van der Waals surface area (Å²) in [5.74, 6) is 0. The molecule has 0 radical (unpaired) electrons. The van der Waals surface area contributed by atoms with Gasteiger partial charge >= 0.3 is 0 Å². The van der Waals surface area contributed by atoms with E-state index >= 15 is 0 Å². The molecule has 0 spiro atoms. The minimum atomic E-state index is 1.09. The predicted molar refractivity (Wildman–Crippen MR) is 79.3 cm³/mol. The summed E-state index contributed by atoms with van der Waals surface area (Å²) in [7, 11) is 0. The van der Waals surface area contributed by atoms with E-state index in [1.165, 1.54) is 26.8 Å². The van der Waals surface area contributed by atoms with Crippen molar-refractivity contribution in [2.24, 2.45) is 0 Å². The highest BCUT2D eigenvalue weighted by Gasteiger charge is 2.11. The smallest absolute Gasteiger partial charge is 0.0659 e. The van der Waals surface area contributed by atoms with Gasteiger partial charge in [0.25, 0.3) is 0 Å². The van der Waals surface area contributed by atoms with Gasteiger partial charge in [-0.2, -0.15) is 0 Å². The Morgan fingerprint density at radius 2 is 1.76 bits per heavy atom. The lowest BCUT2D eigenvalue weighted by molar-refractivity contribution is 1.51. The highest BCUT2D eigenvalue weighted by Crippen LogP contribution is 2.41. The second-order valence-electron chi connectivity index (χ2n) is 4.15. The van der Waals surface area contributed by atoms with Gasteiger partial charge in [-0.15, -0.1) is 24.0 Å². The number of hydrogen-bond donors (Lipinski definition) is 1. The van der Waals surface area contributed by atoms with Gasteiger partial charge in [-0.3, -0.25) is 0 Å². The van der Waals surface area contributed by atoms with Crippen LogP contribution in [0.5, 0.6) is 0 Å². The Kier molecular flexibility index (Phi) is 2.69. The molecule has 1 aromatic heterocycles. The number of thiophene rings is 1. The molecule has 1 heterocycles. The van der Waals surface area contributed by atoms with Gasteiger partial charge in [0.05, 0.1) is 4.21 Å². The summed E-state index contributed by atoms with van der Waals surface area (Å²) in [6, 6.07) is 17.1. The molecule has 0 fully saturated rings. The van der Waals surface area contributed by atoms with Gasteiger partial charge in [-0.1, -0.05) is 42.0 Å². The first-order valence-corrected chi connectivity index (χ1v) is 6.79. The molecule has 0 aliphatic carbocycles. The fourth-order valence-corrected chi connectivity index (χ4v) is 3.57. The van der Waals surface area contributed by atoms with E-state index in [4.69, 9.17) is 0 Å². The molecule has 84 valence electrons. The first-order valence-electron chi connectivity index (χ1n) is 5.53. The average Bonchev–Trinajstić information content (AvgIpc) is 2.65. The van der Waals surface area contributed by atoms with Gasteiger partial charge < -0.3 is 0 Å². The summed E-state index contributed by atoms with van der Waals surface area (Å²) < 4.78 is 2.40. The van der Waals surface area contributed by atoms with Crippen molar-refractivity contribution in [2.75, 3.05) is 0 Å². The number of thiol groups is 1. The van der Waals surface area contributed by atoms with Crippen LogP contribution in [0.4, 0.5) is 0 Å². The fraction of sp³-hybridized carbons (Fsp3) is 0.0667. The molecule has 3 rings (SSSR count). The van der Waals surface area contributed by atoms with Gasteiger partial charge in [-0.25, -0.2) is 0 Å². The van der Waals surface area contributed by atoms with Crippen molar-refractivity contribution in [3.63, 3.8) is 0 Å². The van der Waals surface area contributed by atoms with E-state index in [1.54, 1.807) is 11.3 Å². The summed E-state index contributed by atoms with van der Waals surface area (Å²) >= 11 is 6.37. The molecule has 0 unspecified atom stereocenters. The molecule has 0 aliphatic rings. The first-order chi connectivity index (χ1) is 8.25. The van der Waals surface area contributed by atoms with Crippen molar-refractivity contribution in [1.82, 2.24) is 0 Å². The molecule has 17 heavy (non-hydrogen) atoms. The van der Waals surface area contributed by atoms with Crippen LogP contribution in [0.3, 0.4) is 0 Å². The maximum Gasteiger partial charge on any atom is 0.0659 e. The highest BCUT2D eigenvalue weighted by atomic mass is 32.2. The summed E-state index contributed by atoms with van der Waals surface area (Å²) in [5, 5.41) is 1.31. The molecule has 0 bridgehead atoms. The molecule has 0 amide bonds. The van der Waals surface area contributed by atoms with Crippen LogP contribution >= 0.6 is 24.0 Å². The van der Waals surface area contributed by atoms with Gasteiger partial charge in [0.2, 0.25) is 0 Å². The zero-order valence-corrected chi connectivity index (χ0v) is 11.2. The van der Waals surface area contributed by atoms with E-state index < -0.39 is 0 Å². The van der Waals surface area contributed by atoms with Crippen molar-refractivity contribution in [3.8, 4) is 11.1 Å². The van der Waals surface area contributed by atoms with Crippen molar-refractivity contribution < 1.29 is 0 Å². The Hall–Kier alpha value is -1.25.